The summed E-state index contributed by atoms with van der Waals surface area (Å²) >= 11 is 0. The zero-order valence-electron chi connectivity index (χ0n) is 15.5. The van der Waals surface area contributed by atoms with Gasteiger partial charge in [-0.25, -0.2) is 4.79 Å². The normalized spacial score (nSPS) is 10.2. The molecule has 3 aromatic carbocycles. The molecule has 0 fully saturated rings. The molecule has 0 N–H and O–H groups in total. The van der Waals surface area contributed by atoms with Crippen LogP contribution in [0.25, 0.3) is 0 Å². The molecule has 0 atom stereocenters. The Morgan fingerprint density at radius 3 is 1.71 bits per heavy atom. The average Bonchev–Trinajstić information content (AvgIpc) is 2.73. The van der Waals surface area contributed by atoms with E-state index in [0.717, 1.165) is 5.75 Å². The molecular weight excluding hydrogens is 356 g/mol. The number of benzene rings is 3. The summed E-state index contributed by atoms with van der Waals surface area (Å²) in [4.78, 5) is 23.5. The SMILES string of the molecule is CC(=O)c1ccc(OC(=O)c2ccc(OCCOc3ccccc3)cc2)cc1. The maximum absolute atomic E-state index is 12.2. The highest BCUT2D eigenvalue weighted by Crippen LogP contribution is 2.17. The fraction of sp³-hybridized carbons (Fsp3) is 0.130. The first kappa shape index (κ1) is 19.2. The minimum atomic E-state index is -0.477. The molecule has 0 aromatic heterocycles. The highest BCUT2D eigenvalue weighted by molar-refractivity contribution is 5.94. The van der Waals surface area contributed by atoms with E-state index in [-0.39, 0.29) is 5.78 Å². The number of ketones is 1. The van der Waals surface area contributed by atoms with Crippen LogP contribution in [0.3, 0.4) is 0 Å². The minimum Gasteiger partial charge on any atom is -0.490 e. The van der Waals surface area contributed by atoms with Crippen molar-refractivity contribution in [3.63, 3.8) is 0 Å². The number of esters is 1. The molecule has 0 heterocycles. The molecule has 0 aliphatic carbocycles. The van der Waals surface area contributed by atoms with Gasteiger partial charge in [0.05, 0.1) is 5.56 Å². The van der Waals surface area contributed by atoms with Crippen LogP contribution in [0.4, 0.5) is 0 Å². The predicted molar refractivity (Wildman–Crippen MR) is 105 cm³/mol. The molecule has 0 spiro atoms. The molecular formula is C23H20O5. The van der Waals surface area contributed by atoms with Gasteiger partial charge in [-0.1, -0.05) is 18.2 Å². The summed E-state index contributed by atoms with van der Waals surface area (Å²) in [5.41, 5.74) is 0.973. The van der Waals surface area contributed by atoms with Gasteiger partial charge in [0, 0.05) is 5.56 Å². The maximum Gasteiger partial charge on any atom is 0.343 e. The van der Waals surface area contributed by atoms with E-state index in [1.165, 1.54) is 6.92 Å². The Balaban J connectivity index is 1.47. The molecule has 0 radical (unpaired) electrons. The van der Waals surface area contributed by atoms with Crippen molar-refractivity contribution < 1.29 is 23.8 Å². The second-order valence-electron chi connectivity index (χ2n) is 6.00. The quantitative estimate of drug-likeness (QED) is 0.249. The van der Waals surface area contributed by atoms with E-state index in [1.54, 1.807) is 48.5 Å². The average molecular weight is 376 g/mol. The van der Waals surface area contributed by atoms with Gasteiger partial charge in [-0.05, 0) is 67.6 Å². The second kappa shape index (κ2) is 9.37. The van der Waals surface area contributed by atoms with Gasteiger partial charge in [0.25, 0.3) is 0 Å². The van der Waals surface area contributed by atoms with Gasteiger partial charge < -0.3 is 14.2 Å². The number of para-hydroxylation sites is 1. The van der Waals surface area contributed by atoms with Crippen molar-refractivity contribution in [3.05, 3.63) is 90.0 Å². The predicted octanol–water partition coefficient (Wildman–Crippen LogP) is 4.57. The van der Waals surface area contributed by atoms with Crippen LogP contribution in [0.1, 0.15) is 27.6 Å². The highest BCUT2D eigenvalue weighted by Gasteiger charge is 2.09. The van der Waals surface area contributed by atoms with Crippen molar-refractivity contribution >= 4 is 11.8 Å². The van der Waals surface area contributed by atoms with Crippen LogP contribution in [0.15, 0.2) is 78.9 Å². The van der Waals surface area contributed by atoms with Crippen LogP contribution >= 0.6 is 0 Å². The molecule has 0 saturated carbocycles. The van der Waals surface area contributed by atoms with Gasteiger partial charge in [-0.3, -0.25) is 4.79 Å². The van der Waals surface area contributed by atoms with Crippen LogP contribution < -0.4 is 14.2 Å². The van der Waals surface area contributed by atoms with Crippen molar-refractivity contribution in [2.75, 3.05) is 13.2 Å². The molecule has 0 unspecified atom stereocenters. The Hall–Kier alpha value is -3.60. The van der Waals surface area contributed by atoms with Crippen molar-refractivity contribution in [3.8, 4) is 17.2 Å². The third kappa shape index (κ3) is 5.45. The van der Waals surface area contributed by atoms with Gasteiger partial charge in [-0.15, -0.1) is 0 Å². The summed E-state index contributed by atoms with van der Waals surface area (Å²) in [7, 11) is 0. The first-order chi connectivity index (χ1) is 13.6. The van der Waals surface area contributed by atoms with Crippen LogP contribution in [-0.2, 0) is 0 Å². The van der Waals surface area contributed by atoms with E-state index in [0.29, 0.717) is 35.8 Å². The van der Waals surface area contributed by atoms with Gasteiger partial charge in [-0.2, -0.15) is 0 Å². The Bertz CT molecular complexity index is 915. The van der Waals surface area contributed by atoms with E-state index in [2.05, 4.69) is 0 Å². The van der Waals surface area contributed by atoms with Crippen molar-refractivity contribution in [2.24, 2.45) is 0 Å². The fourth-order valence-electron chi connectivity index (χ4n) is 2.45. The van der Waals surface area contributed by atoms with Crippen molar-refractivity contribution in [1.29, 1.82) is 0 Å². The minimum absolute atomic E-state index is 0.0392. The highest BCUT2D eigenvalue weighted by atomic mass is 16.5. The summed E-state index contributed by atoms with van der Waals surface area (Å²) in [6.07, 6.45) is 0. The molecule has 3 aromatic rings. The van der Waals surface area contributed by atoms with Gasteiger partial charge in [0.1, 0.15) is 30.5 Å². The summed E-state index contributed by atoms with van der Waals surface area (Å²) < 4.78 is 16.5. The van der Waals surface area contributed by atoms with Gasteiger partial charge in [0.2, 0.25) is 0 Å². The van der Waals surface area contributed by atoms with E-state index in [1.807, 2.05) is 30.3 Å². The lowest BCUT2D eigenvalue weighted by Gasteiger charge is -2.09. The molecule has 0 amide bonds. The van der Waals surface area contributed by atoms with E-state index in [4.69, 9.17) is 14.2 Å². The van der Waals surface area contributed by atoms with Crippen LogP contribution in [0, 0.1) is 0 Å². The Morgan fingerprint density at radius 2 is 1.14 bits per heavy atom. The Morgan fingerprint density at radius 1 is 0.643 bits per heavy atom. The lowest BCUT2D eigenvalue weighted by atomic mass is 10.1. The third-order valence-corrected chi connectivity index (χ3v) is 3.93. The Labute approximate surface area is 163 Å². The van der Waals surface area contributed by atoms with Crippen molar-refractivity contribution in [1.82, 2.24) is 0 Å². The molecule has 28 heavy (non-hydrogen) atoms. The zero-order chi connectivity index (χ0) is 19.8. The fourth-order valence-corrected chi connectivity index (χ4v) is 2.45. The monoisotopic (exact) mass is 376 g/mol. The largest absolute Gasteiger partial charge is 0.490 e. The number of hydrogen-bond acceptors (Lipinski definition) is 5. The van der Waals surface area contributed by atoms with Crippen LogP contribution in [-0.4, -0.2) is 25.0 Å². The van der Waals surface area contributed by atoms with E-state index >= 15 is 0 Å². The molecule has 0 saturated heterocycles. The number of carbonyl (C=O) groups is 2. The number of Topliss-reactive ketones (excluding diaryl/α,β-unsaturated/α-hetero) is 1. The summed E-state index contributed by atoms with van der Waals surface area (Å²) in [5.74, 6) is 1.30. The number of ether oxygens (including phenoxy) is 3. The standard InChI is InChI=1S/C23H20O5/c1-17(24)18-7-13-22(14-8-18)28-23(25)19-9-11-21(12-10-19)27-16-15-26-20-5-3-2-4-6-20/h2-14H,15-16H2,1H3. The summed E-state index contributed by atoms with van der Waals surface area (Å²) in [5, 5.41) is 0. The van der Waals surface area contributed by atoms with Gasteiger partial charge in [0.15, 0.2) is 5.78 Å². The molecule has 5 nitrogen and oxygen atoms in total. The molecule has 0 aliphatic rings. The molecule has 142 valence electrons. The third-order valence-electron chi connectivity index (χ3n) is 3.93. The lowest BCUT2D eigenvalue weighted by Crippen LogP contribution is -2.10. The van der Waals surface area contributed by atoms with E-state index < -0.39 is 5.97 Å². The number of rotatable bonds is 8. The first-order valence-electron chi connectivity index (χ1n) is 8.86. The zero-order valence-corrected chi connectivity index (χ0v) is 15.5. The molecule has 0 bridgehead atoms. The van der Waals surface area contributed by atoms with E-state index in [9.17, 15) is 9.59 Å². The number of carbonyl (C=O) groups excluding carboxylic acids is 2. The van der Waals surface area contributed by atoms with Crippen LogP contribution in [0.5, 0.6) is 17.2 Å². The molecule has 0 aliphatic heterocycles. The number of hydrogen-bond donors (Lipinski definition) is 0. The molecule has 3 rings (SSSR count). The summed E-state index contributed by atoms with van der Waals surface area (Å²) in [6, 6.07) is 22.6. The summed E-state index contributed by atoms with van der Waals surface area (Å²) in [6.45, 7) is 2.30. The topological polar surface area (TPSA) is 61.8 Å². The van der Waals surface area contributed by atoms with Gasteiger partial charge >= 0.3 is 5.97 Å². The second-order valence-corrected chi connectivity index (χ2v) is 6.00. The molecule has 5 heteroatoms. The van der Waals surface area contributed by atoms with Crippen molar-refractivity contribution in [2.45, 2.75) is 6.92 Å². The van der Waals surface area contributed by atoms with Crippen LogP contribution in [0.2, 0.25) is 0 Å². The lowest BCUT2D eigenvalue weighted by molar-refractivity contribution is 0.0734. The maximum atomic E-state index is 12.2. The first-order valence-corrected chi connectivity index (χ1v) is 8.86. The Kier molecular flexibility index (Phi) is 6.41. The smallest absolute Gasteiger partial charge is 0.343 e.